The molecule has 176 valence electrons. The van der Waals surface area contributed by atoms with Crippen LogP contribution in [0.3, 0.4) is 0 Å². The molecule has 0 aliphatic carbocycles. The summed E-state index contributed by atoms with van der Waals surface area (Å²) in [4.78, 5) is 42.1. The number of anilines is 1. The fraction of sp³-hybridized carbons (Fsp3) is 0.400. The van der Waals surface area contributed by atoms with Gasteiger partial charge in [-0.1, -0.05) is 25.1 Å². The SMILES string of the molecule is CCc1ccc2c(c1)[C@@]1(N[C@H]([C@@H](C)O)[C@H]3C(=O)N(Cc4ccc5c(c4)OCO5)C(=O)[C@H]31)C(=O)N2. The summed E-state index contributed by atoms with van der Waals surface area (Å²) in [5, 5.41) is 16.7. The number of hydrogen-bond acceptors (Lipinski definition) is 7. The van der Waals surface area contributed by atoms with Gasteiger partial charge >= 0.3 is 0 Å². The first kappa shape index (κ1) is 21.1. The lowest BCUT2D eigenvalue weighted by atomic mass is 9.76. The number of nitrogens with one attached hydrogen (secondary N) is 2. The largest absolute Gasteiger partial charge is 0.454 e. The summed E-state index contributed by atoms with van der Waals surface area (Å²) < 4.78 is 10.8. The average molecular weight is 463 g/mol. The number of hydrogen-bond donors (Lipinski definition) is 3. The molecule has 0 aromatic heterocycles. The van der Waals surface area contributed by atoms with Gasteiger partial charge in [0.05, 0.1) is 24.5 Å². The molecule has 34 heavy (non-hydrogen) atoms. The Hall–Kier alpha value is -3.43. The predicted molar refractivity (Wildman–Crippen MR) is 120 cm³/mol. The number of fused-ring (bicyclic) bond motifs is 5. The Morgan fingerprint density at radius 1 is 1.09 bits per heavy atom. The second-order valence-electron chi connectivity index (χ2n) is 9.36. The molecule has 0 saturated carbocycles. The summed E-state index contributed by atoms with van der Waals surface area (Å²) in [6, 6.07) is 10.2. The Morgan fingerprint density at radius 3 is 2.62 bits per heavy atom. The molecule has 1 spiro atoms. The normalized spacial score (nSPS) is 29.6. The molecule has 3 amide bonds. The van der Waals surface area contributed by atoms with Crippen molar-refractivity contribution in [1.82, 2.24) is 10.2 Å². The van der Waals surface area contributed by atoms with Crippen LogP contribution in [0.1, 0.15) is 30.5 Å². The van der Waals surface area contributed by atoms with Crippen LogP contribution in [0, 0.1) is 11.8 Å². The zero-order valence-electron chi connectivity index (χ0n) is 18.8. The fourth-order valence-electron chi connectivity index (χ4n) is 5.85. The Bertz CT molecular complexity index is 1240. The van der Waals surface area contributed by atoms with Gasteiger partial charge in [-0.25, -0.2) is 0 Å². The van der Waals surface area contributed by atoms with Crippen molar-refractivity contribution in [1.29, 1.82) is 0 Å². The van der Waals surface area contributed by atoms with Crippen LogP contribution >= 0.6 is 0 Å². The molecule has 9 nitrogen and oxygen atoms in total. The lowest BCUT2D eigenvalue weighted by molar-refractivity contribution is -0.143. The molecule has 3 N–H and O–H groups in total. The number of benzene rings is 2. The van der Waals surface area contributed by atoms with Crippen LogP contribution in [0.5, 0.6) is 11.5 Å². The summed E-state index contributed by atoms with van der Waals surface area (Å²) in [6.07, 6.45) is -0.186. The highest BCUT2D eigenvalue weighted by Crippen LogP contribution is 2.53. The van der Waals surface area contributed by atoms with Crippen LogP contribution in [0.25, 0.3) is 0 Å². The molecule has 6 rings (SSSR count). The van der Waals surface area contributed by atoms with Crippen molar-refractivity contribution in [2.45, 2.75) is 44.5 Å². The molecular formula is C25H25N3O6. The number of likely N-dealkylation sites (tertiary alicyclic amines) is 1. The molecule has 2 saturated heterocycles. The first-order valence-corrected chi connectivity index (χ1v) is 11.5. The minimum Gasteiger partial charge on any atom is -0.454 e. The molecule has 4 aliphatic heterocycles. The topological polar surface area (TPSA) is 117 Å². The van der Waals surface area contributed by atoms with E-state index in [1.165, 1.54) is 4.90 Å². The van der Waals surface area contributed by atoms with Gasteiger partial charge in [-0.3, -0.25) is 24.6 Å². The van der Waals surface area contributed by atoms with Gasteiger partial charge in [0.15, 0.2) is 11.5 Å². The second-order valence-corrected chi connectivity index (χ2v) is 9.36. The van der Waals surface area contributed by atoms with Crippen molar-refractivity contribution >= 4 is 23.4 Å². The third kappa shape index (κ3) is 2.71. The van der Waals surface area contributed by atoms with Crippen LogP contribution in [0.2, 0.25) is 0 Å². The van der Waals surface area contributed by atoms with Gasteiger partial charge in [0.25, 0.3) is 0 Å². The zero-order chi connectivity index (χ0) is 23.8. The fourth-order valence-corrected chi connectivity index (χ4v) is 5.85. The van der Waals surface area contributed by atoms with Crippen molar-refractivity contribution in [3.63, 3.8) is 0 Å². The number of carbonyl (C=O) groups excluding carboxylic acids is 3. The van der Waals surface area contributed by atoms with Gasteiger partial charge < -0.3 is 19.9 Å². The first-order chi connectivity index (χ1) is 16.3. The highest BCUT2D eigenvalue weighted by atomic mass is 16.7. The Kier molecular flexibility index (Phi) is 4.53. The van der Waals surface area contributed by atoms with Crippen molar-refractivity contribution in [2.75, 3.05) is 12.1 Å². The highest BCUT2D eigenvalue weighted by molar-refractivity contribution is 6.15. The smallest absolute Gasteiger partial charge is 0.250 e. The molecule has 2 aromatic rings. The number of amides is 3. The number of aliphatic hydroxyl groups excluding tert-OH is 1. The van der Waals surface area contributed by atoms with E-state index in [1.54, 1.807) is 25.1 Å². The summed E-state index contributed by atoms with van der Waals surface area (Å²) in [5.74, 6) is -1.83. The quantitative estimate of drug-likeness (QED) is 0.585. The molecule has 4 aliphatic rings. The van der Waals surface area contributed by atoms with E-state index in [0.29, 0.717) is 28.3 Å². The van der Waals surface area contributed by atoms with Crippen molar-refractivity contribution in [2.24, 2.45) is 11.8 Å². The Balaban J connectivity index is 1.42. The van der Waals surface area contributed by atoms with Crippen LogP contribution in [-0.4, -0.2) is 46.7 Å². The summed E-state index contributed by atoms with van der Waals surface area (Å²) in [5.41, 5.74) is 1.59. The maximum absolute atomic E-state index is 13.8. The first-order valence-electron chi connectivity index (χ1n) is 11.5. The number of carbonyl (C=O) groups is 3. The Morgan fingerprint density at radius 2 is 1.85 bits per heavy atom. The van der Waals surface area contributed by atoms with Crippen molar-refractivity contribution in [3.05, 3.63) is 53.1 Å². The third-order valence-corrected chi connectivity index (χ3v) is 7.51. The van der Waals surface area contributed by atoms with E-state index in [2.05, 4.69) is 10.6 Å². The molecule has 4 heterocycles. The second kappa shape index (κ2) is 7.28. The van der Waals surface area contributed by atoms with Crippen LogP contribution in [-0.2, 0) is 32.9 Å². The monoisotopic (exact) mass is 463 g/mol. The maximum Gasteiger partial charge on any atom is 0.250 e. The number of rotatable bonds is 4. The molecular weight excluding hydrogens is 438 g/mol. The third-order valence-electron chi connectivity index (χ3n) is 7.51. The number of imide groups is 1. The van der Waals surface area contributed by atoms with E-state index in [4.69, 9.17) is 9.47 Å². The molecule has 5 atom stereocenters. The van der Waals surface area contributed by atoms with Gasteiger partial charge in [-0.2, -0.15) is 0 Å². The number of aliphatic hydroxyl groups is 1. The van der Waals surface area contributed by atoms with Gasteiger partial charge in [-0.05, 0) is 42.7 Å². The van der Waals surface area contributed by atoms with E-state index in [-0.39, 0.29) is 19.2 Å². The van der Waals surface area contributed by atoms with Crippen LogP contribution in [0.15, 0.2) is 36.4 Å². The lowest BCUT2D eigenvalue weighted by Gasteiger charge is -2.30. The van der Waals surface area contributed by atoms with Gasteiger partial charge in [0, 0.05) is 17.3 Å². The number of nitrogens with zero attached hydrogens (tertiary/aromatic N) is 1. The Labute approximate surface area is 196 Å². The predicted octanol–water partition coefficient (Wildman–Crippen LogP) is 1.28. The zero-order valence-corrected chi connectivity index (χ0v) is 18.8. The minimum atomic E-state index is -1.41. The number of ether oxygens (including phenoxy) is 2. The summed E-state index contributed by atoms with van der Waals surface area (Å²) in [7, 11) is 0. The van der Waals surface area contributed by atoms with Crippen molar-refractivity contribution in [3.8, 4) is 11.5 Å². The molecule has 9 heteroatoms. The number of aryl methyl sites for hydroxylation is 1. The molecule has 0 bridgehead atoms. The minimum absolute atomic E-state index is 0.0490. The van der Waals surface area contributed by atoms with Crippen LogP contribution in [0.4, 0.5) is 5.69 Å². The van der Waals surface area contributed by atoms with E-state index < -0.39 is 41.3 Å². The molecule has 0 unspecified atom stereocenters. The summed E-state index contributed by atoms with van der Waals surface area (Å²) >= 11 is 0. The van der Waals surface area contributed by atoms with Gasteiger partial charge in [0.1, 0.15) is 5.54 Å². The average Bonchev–Trinajstić information content (AvgIpc) is 3.55. The van der Waals surface area contributed by atoms with E-state index in [0.717, 1.165) is 12.0 Å². The van der Waals surface area contributed by atoms with E-state index in [1.807, 2.05) is 25.1 Å². The van der Waals surface area contributed by atoms with Gasteiger partial charge in [0.2, 0.25) is 24.5 Å². The molecule has 2 aromatic carbocycles. The van der Waals surface area contributed by atoms with E-state index >= 15 is 0 Å². The van der Waals surface area contributed by atoms with E-state index in [9.17, 15) is 19.5 Å². The molecule has 0 radical (unpaired) electrons. The molecule has 2 fully saturated rings. The summed E-state index contributed by atoms with van der Waals surface area (Å²) in [6.45, 7) is 3.76. The standard InChI is InChI=1S/C25H25N3O6/c1-3-13-4-6-16-15(8-13)25(24(32)26-16)20-19(21(27-25)12(2)29)22(30)28(23(20)31)10-14-5-7-17-18(9-14)34-11-33-17/h4-9,12,19-21,27,29H,3,10-11H2,1-2H3,(H,26,32)/t12-,19+,20+,21-,25+/m1/s1. The van der Waals surface area contributed by atoms with Gasteiger partial charge in [-0.15, -0.1) is 0 Å². The highest BCUT2D eigenvalue weighted by Gasteiger charge is 2.71. The van der Waals surface area contributed by atoms with Crippen molar-refractivity contribution < 1.29 is 29.0 Å². The van der Waals surface area contributed by atoms with Crippen LogP contribution < -0.4 is 20.1 Å². The lowest BCUT2D eigenvalue weighted by Crippen LogP contribution is -2.54. The maximum atomic E-state index is 13.8.